The number of aromatic nitrogens is 3. The number of fused-ring (bicyclic) bond motifs is 2. The molecular formula is C30H30N6O. The van der Waals surface area contributed by atoms with E-state index in [2.05, 4.69) is 38.1 Å². The van der Waals surface area contributed by atoms with Gasteiger partial charge in [-0.05, 0) is 67.9 Å². The summed E-state index contributed by atoms with van der Waals surface area (Å²) in [6.45, 7) is 1.55. The third kappa shape index (κ3) is 4.54. The van der Waals surface area contributed by atoms with Gasteiger partial charge in [-0.25, -0.2) is 4.98 Å². The molecule has 0 aliphatic heterocycles. The number of H-pyrrole nitrogens is 1. The molecule has 7 heteroatoms. The fourth-order valence-corrected chi connectivity index (χ4v) is 4.98. The summed E-state index contributed by atoms with van der Waals surface area (Å²) in [5.41, 5.74) is 13.0. The first-order valence-corrected chi connectivity index (χ1v) is 12.6. The van der Waals surface area contributed by atoms with Crippen molar-refractivity contribution < 1.29 is 4.74 Å². The fourth-order valence-electron chi connectivity index (χ4n) is 4.98. The first kappa shape index (κ1) is 23.2. The third-order valence-corrected chi connectivity index (χ3v) is 7.13. The smallest absolute Gasteiger partial charge is 0.132 e. The molecule has 186 valence electrons. The summed E-state index contributed by atoms with van der Waals surface area (Å²) in [4.78, 5) is 14.3. The van der Waals surface area contributed by atoms with Gasteiger partial charge in [0.15, 0.2) is 0 Å². The summed E-state index contributed by atoms with van der Waals surface area (Å²) >= 11 is 0. The van der Waals surface area contributed by atoms with Crippen molar-refractivity contribution in [2.24, 2.45) is 11.8 Å². The molecule has 0 amide bonds. The van der Waals surface area contributed by atoms with Gasteiger partial charge < -0.3 is 20.4 Å². The topological polar surface area (TPSA) is 104 Å². The standard InChI is InChI=1S/C30H30N6O/c1-36(2)9-10-37-28-14-19(11-20-12-23(20)28)21-13-25(30(32)34-17-21)29(31)27-15-24-22(6-3-7-26(24)35-27)18-5-4-8-33-16-18/h3-8,11,13-17,20,23,31,35H,9-10,12H2,1-2H3,(H2,32,34). The lowest BCUT2D eigenvalue weighted by Crippen LogP contribution is -2.18. The van der Waals surface area contributed by atoms with Crippen LogP contribution in [0.1, 0.15) is 23.2 Å². The maximum Gasteiger partial charge on any atom is 0.132 e. The van der Waals surface area contributed by atoms with Crippen LogP contribution < -0.4 is 5.73 Å². The van der Waals surface area contributed by atoms with Crippen molar-refractivity contribution in [3.8, 4) is 11.1 Å². The first-order chi connectivity index (χ1) is 18.0. The normalized spacial score (nSPS) is 18.4. The summed E-state index contributed by atoms with van der Waals surface area (Å²) in [5.74, 6) is 2.39. The molecular weight excluding hydrogens is 460 g/mol. The van der Waals surface area contributed by atoms with Crippen LogP contribution in [0.5, 0.6) is 0 Å². The van der Waals surface area contributed by atoms with Crippen LogP contribution in [0.3, 0.4) is 0 Å². The molecule has 3 heterocycles. The Morgan fingerprint density at radius 2 is 2.05 bits per heavy atom. The van der Waals surface area contributed by atoms with Crippen molar-refractivity contribution in [3.63, 3.8) is 0 Å². The lowest BCUT2D eigenvalue weighted by molar-refractivity contribution is 0.170. The monoisotopic (exact) mass is 490 g/mol. The maximum absolute atomic E-state index is 9.02. The zero-order chi connectivity index (χ0) is 25.5. The average molecular weight is 491 g/mol. The number of pyridine rings is 2. The predicted molar refractivity (Wildman–Crippen MR) is 148 cm³/mol. The second-order valence-electron chi connectivity index (χ2n) is 10.0. The van der Waals surface area contributed by atoms with Crippen molar-refractivity contribution >= 4 is 28.0 Å². The van der Waals surface area contributed by atoms with Gasteiger partial charge in [0.1, 0.15) is 18.2 Å². The van der Waals surface area contributed by atoms with Gasteiger partial charge in [0, 0.05) is 58.6 Å². The minimum absolute atomic E-state index is 0.312. The van der Waals surface area contributed by atoms with Crippen LogP contribution in [0, 0.1) is 17.2 Å². The Kier molecular flexibility index (Phi) is 5.85. The van der Waals surface area contributed by atoms with E-state index < -0.39 is 0 Å². The molecule has 2 atom stereocenters. The van der Waals surface area contributed by atoms with Crippen molar-refractivity contribution in [1.82, 2.24) is 19.9 Å². The highest BCUT2D eigenvalue weighted by Crippen LogP contribution is 2.50. The molecule has 1 aromatic carbocycles. The van der Waals surface area contributed by atoms with Crippen LogP contribution in [0.4, 0.5) is 5.82 Å². The van der Waals surface area contributed by atoms with E-state index in [1.54, 1.807) is 12.4 Å². The molecule has 1 saturated carbocycles. The molecule has 0 bridgehead atoms. The Hall–Kier alpha value is -4.23. The van der Waals surface area contributed by atoms with Crippen LogP contribution in [0.2, 0.25) is 0 Å². The van der Waals surface area contributed by atoms with Crippen LogP contribution in [-0.4, -0.2) is 52.8 Å². The molecule has 6 rings (SSSR count). The maximum atomic E-state index is 9.02. The van der Waals surface area contributed by atoms with E-state index in [1.165, 1.54) is 0 Å². The number of nitrogen functional groups attached to an aromatic ring is 1. The highest BCUT2D eigenvalue weighted by Gasteiger charge is 2.42. The Bertz CT molecular complexity index is 1550. The van der Waals surface area contributed by atoms with Crippen LogP contribution >= 0.6 is 0 Å². The van der Waals surface area contributed by atoms with Gasteiger partial charge in [-0.2, -0.15) is 0 Å². The number of nitrogens with one attached hydrogen (secondary N) is 2. The molecule has 4 N–H and O–H groups in total. The molecule has 2 aliphatic rings. The second kappa shape index (κ2) is 9.33. The van der Waals surface area contributed by atoms with Gasteiger partial charge in [0.25, 0.3) is 0 Å². The van der Waals surface area contributed by atoms with E-state index >= 15 is 0 Å². The van der Waals surface area contributed by atoms with Crippen molar-refractivity contribution in [2.45, 2.75) is 6.42 Å². The predicted octanol–water partition coefficient (Wildman–Crippen LogP) is 5.12. The third-order valence-electron chi connectivity index (χ3n) is 7.13. The number of benzene rings is 1. The zero-order valence-electron chi connectivity index (χ0n) is 21.0. The lowest BCUT2D eigenvalue weighted by atomic mass is 9.97. The van der Waals surface area contributed by atoms with Gasteiger partial charge in [-0.3, -0.25) is 10.4 Å². The lowest BCUT2D eigenvalue weighted by Gasteiger charge is -2.17. The Morgan fingerprint density at radius 1 is 1.16 bits per heavy atom. The molecule has 0 spiro atoms. The Labute approximate surface area is 216 Å². The summed E-state index contributed by atoms with van der Waals surface area (Å²) < 4.78 is 6.13. The number of ether oxygens (including phenoxy) is 1. The second-order valence-corrected chi connectivity index (χ2v) is 10.0. The van der Waals surface area contributed by atoms with Gasteiger partial charge in [0.05, 0.1) is 11.4 Å². The number of aromatic amines is 1. The van der Waals surface area contributed by atoms with E-state index in [-0.39, 0.29) is 0 Å². The molecule has 1 fully saturated rings. The largest absolute Gasteiger partial charge is 0.496 e. The van der Waals surface area contributed by atoms with Gasteiger partial charge in [-0.15, -0.1) is 0 Å². The number of hydrogen-bond donors (Lipinski definition) is 3. The summed E-state index contributed by atoms with van der Waals surface area (Å²) in [7, 11) is 4.10. The van der Waals surface area contributed by atoms with Crippen molar-refractivity contribution in [1.29, 1.82) is 5.41 Å². The fraction of sp³-hybridized carbons (Fsp3) is 0.233. The molecule has 37 heavy (non-hydrogen) atoms. The number of nitrogens with zero attached hydrogens (tertiary/aromatic N) is 3. The molecule has 2 aliphatic carbocycles. The number of likely N-dealkylation sites (N-methyl/N-ethyl adjacent to an activating group) is 1. The van der Waals surface area contributed by atoms with Crippen LogP contribution in [-0.2, 0) is 4.74 Å². The molecule has 2 unspecified atom stereocenters. The van der Waals surface area contributed by atoms with E-state index in [9.17, 15) is 0 Å². The van der Waals surface area contributed by atoms with Gasteiger partial charge >= 0.3 is 0 Å². The quantitative estimate of drug-likeness (QED) is 0.298. The minimum atomic E-state index is 0.312. The number of hydrogen-bond acceptors (Lipinski definition) is 6. The first-order valence-electron chi connectivity index (χ1n) is 12.6. The molecule has 0 radical (unpaired) electrons. The van der Waals surface area contributed by atoms with E-state index in [0.717, 1.165) is 51.9 Å². The number of nitrogens with two attached hydrogens (primary N) is 1. The molecule has 7 nitrogen and oxygen atoms in total. The number of rotatable bonds is 8. The number of anilines is 1. The van der Waals surface area contributed by atoms with Gasteiger partial charge in [-0.1, -0.05) is 24.3 Å². The number of allylic oxidation sites excluding steroid dienone is 4. The van der Waals surface area contributed by atoms with Crippen molar-refractivity contribution in [3.05, 3.63) is 95.8 Å². The Balaban J connectivity index is 1.31. The highest BCUT2D eigenvalue weighted by molar-refractivity contribution is 6.15. The van der Waals surface area contributed by atoms with Crippen LogP contribution in [0.15, 0.2) is 79.0 Å². The van der Waals surface area contributed by atoms with Gasteiger partial charge in [0.2, 0.25) is 0 Å². The summed E-state index contributed by atoms with van der Waals surface area (Å²) in [6, 6.07) is 14.1. The van der Waals surface area contributed by atoms with E-state index in [1.807, 2.05) is 56.7 Å². The SMILES string of the molecule is CN(C)CCOC1=CC(c2cnc(N)c(C(=N)c3cc4c(-c5cccnc5)cccc4[nH]3)c2)=CC2CC12. The highest BCUT2D eigenvalue weighted by atomic mass is 16.5. The van der Waals surface area contributed by atoms with Crippen molar-refractivity contribution in [2.75, 3.05) is 33.0 Å². The summed E-state index contributed by atoms with van der Waals surface area (Å²) in [5, 5.41) is 10.1. The molecule has 3 aromatic heterocycles. The Morgan fingerprint density at radius 3 is 2.86 bits per heavy atom. The zero-order valence-corrected chi connectivity index (χ0v) is 21.0. The molecule has 4 aromatic rings. The average Bonchev–Trinajstić information content (AvgIpc) is 3.57. The van der Waals surface area contributed by atoms with Crippen LogP contribution in [0.25, 0.3) is 27.6 Å². The minimum Gasteiger partial charge on any atom is -0.496 e. The van der Waals surface area contributed by atoms with E-state index in [4.69, 9.17) is 15.9 Å². The molecule has 0 saturated heterocycles. The summed E-state index contributed by atoms with van der Waals surface area (Å²) in [6.07, 6.45) is 11.0. The van der Waals surface area contributed by atoms with E-state index in [0.29, 0.717) is 41.2 Å².